The molecule has 0 bridgehead atoms. The van der Waals surface area contributed by atoms with Crippen molar-refractivity contribution in [1.82, 2.24) is 0 Å². The Morgan fingerprint density at radius 2 is 0.620 bits per heavy atom. The molecule has 0 spiro atoms. The van der Waals surface area contributed by atoms with Gasteiger partial charge in [-0.15, -0.1) is 0 Å². The monoisotopic (exact) mass is 707 g/mol. The van der Waals surface area contributed by atoms with Crippen molar-refractivity contribution in [2.45, 2.75) is 271 Å². The number of ether oxygens (including phenoxy) is 2. The molecule has 0 N–H and O–H groups in total. The predicted octanol–water partition coefficient (Wildman–Crippen LogP) is 14.5. The number of carbonyl (C=O) groups excluding carboxylic acids is 3. The highest BCUT2D eigenvalue weighted by Gasteiger charge is 2.15. The lowest BCUT2D eigenvalue weighted by atomic mass is 10.0. The second-order valence-corrected chi connectivity index (χ2v) is 15.4. The molecule has 0 rings (SSSR count). The van der Waals surface area contributed by atoms with E-state index in [1.54, 1.807) is 0 Å². The Labute approximate surface area is 312 Å². The zero-order valence-electron chi connectivity index (χ0n) is 34.2. The SMILES string of the molecule is CCCCCCCCC(CC)OC(=O)CCCCCCCC(=O)CCCCCCCC(=O)OC(CCCCCCCC)CCCCCCCC. The Bertz CT molecular complexity index is 734. The number of Topliss-reactive ketones (excluding diaryl/α,β-unsaturated/α-hetero) is 1. The first-order valence-electron chi connectivity index (χ1n) is 22.4. The molecule has 5 nitrogen and oxygen atoms in total. The Morgan fingerprint density at radius 1 is 0.340 bits per heavy atom. The van der Waals surface area contributed by atoms with Crippen LogP contribution in [0.2, 0.25) is 0 Å². The van der Waals surface area contributed by atoms with Crippen LogP contribution in [-0.4, -0.2) is 29.9 Å². The average Bonchev–Trinajstić information content (AvgIpc) is 3.11. The van der Waals surface area contributed by atoms with Gasteiger partial charge in [-0.2, -0.15) is 0 Å². The maximum absolute atomic E-state index is 12.6. The van der Waals surface area contributed by atoms with Crippen molar-refractivity contribution < 1.29 is 23.9 Å². The fourth-order valence-electron chi connectivity index (χ4n) is 6.92. The normalized spacial score (nSPS) is 12.0. The standard InChI is InChI=1S/C45H86O5/c1-5-9-12-15-22-29-36-42(8-4)49-44(47)39-32-25-18-20-27-34-41(46)35-28-21-19-26-33-40-45(48)50-43(37-30-23-16-13-10-6-2)38-31-24-17-14-11-7-3/h42-43H,5-40H2,1-4H3. The minimum absolute atomic E-state index is 0.00832. The zero-order valence-corrected chi connectivity index (χ0v) is 34.2. The van der Waals surface area contributed by atoms with Gasteiger partial charge in [0, 0.05) is 25.7 Å². The van der Waals surface area contributed by atoms with E-state index in [-0.39, 0.29) is 24.1 Å². The molecule has 296 valence electrons. The highest BCUT2D eigenvalue weighted by molar-refractivity contribution is 5.78. The summed E-state index contributed by atoms with van der Waals surface area (Å²) in [6.07, 6.45) is 39.6. The van der Waals surface area contributed by atoms with Crippen molar-refractivity contribution in [2.75, 3.05) is 0 Å². The van der Waals surface area contributed by atoms with E-state index < -0.39 is 0 Å². The maximum Gasteiger partial charge on any atom is 0.306 e. The second-order valence-electron chi connectivity index (χ2n) is 15.4. The van der Waals surface area contributed by atoms with E-state index in [9.17, 15) is 14.4 Å². The summed E-state index contributed by atoms with van der Waals surface area (Å²) < 4.78 is 11.7. The van der Waals surface area contributed by atoms with Crippen LogP contribution in [-0.2, 0) is 23.9 Å². The number of rotatable bonds is 40. The molecule has 0 aliphatic rings. The van der Waals surface area contributed by atoms with Crippen molar-refractivity contribution >= 4 is 17.7 Å². The van der Waals surface area contributed by atoms with Crippen LogP contribution in [0.4, 0.5) is 0 Å². The molecule has 0 aliphatic carbocycles. The average molecular weight is 707 g/mol. The van der Waals surface area contributed by atoms with E-state index in [1.807, 2.05) is 0 Å². The molecule has 0 saturated heterocycles. The first-order chi connectivity index (χ1) is 24.5. The van der Waals surface area contributed by atoms with Gasteiger partial charge < -0.3 is 9.47 Å². The van der Waals surface area contributed by atoms with Crippen LogP contribution in [0, 0.1) is 0 Å². The van der Waals surface area contributed by atoms with Crippen LogP contribution in [0.5, 0.6) is 0 Å². The second kappa shape index (κ2) is 38.8. The number of hydrogen-bond donors (Lipinski definition) is 0. The summed E-state index contributed by atoms with van der Waals surface area (Å²) in [5.74, 6) is 0.338. The van der Waals surface area contributed by atoms with Crippen LogP contribution in [0.25, 0.3) is 0 Å². The summed E-state index contributed by atoms with van der Waals surface area (Å²) >= 11 is 0. The van der Waals surface area contributed by atoms with Crippen molar-refractivity contribution in [1.29, 1.82) is 0 Å². The first-order valence-corrected chi connectivity index (χ1v) is 22.4. The summed E-state index contributed by atoms with van der Waals surface area (Å²) in [4.78, 5) is 37.2. The lowest BCUT2D eigenvalue weighted by Gasteiger charge is -2.18. The van der Waals surface area contributed by atoms with E-state index in [0.717, 1.165) is 96.3 Å². The molecule has 0 aromatic rings. The van der Waals surface area contributed by atoms with Gasteiger partial charge in [0.05, 0.1) is 0 Å². The number of hydrogen-bond acceptors (Lipinski definition) is 5. The summed E-state index contributed by atoms with van der Waals surface area (Å²) in [7, 11) is 0. The molecule has 1 atom stereocenters. The molecule has 0 aromatic carbocycles. The van der Waals surface area contributed by atoms with Gasteiger partial charge in [-0.25, -0.2) is 0 Å². The van der Waals surface area contributed by atoms with Crippen molar-refractivity contribution in [3.8, 4) is 0 Å². The number of esters is 2. The molecule has 0 amide bonds. The molecular weight excluding hydrogens is 620 g/mol. The number of unbranched alkanes of at least 4 members (excludes halogenated alkanes) is 23. The molecule has 0 radical (unpaired) electrons. The zero-order chi connectivity index (χ0) is 36.8. The summed E-state index contributed by atoms with van der Waals surface area (Å²) in [6.45, 7) is 8.86. The van der Waals surface area contributed by atoms with Crippen LogP contribution >= 0.6 is 0 Å². The van der Waals surface area contributed by atoms with Crippen LogP contribution in [0.1, 0.15) is 259 Å². The quantitative estimate of drug-likeness (QED) is 0.0468. The summed E-state index contributed by atoms with van der Waals surface area (Å²) in [5.41, 5.74) is 0. The van der Waals surface area contributed by atoms with Crippen molar-refractivity contribution in [3.63, 3.8) is 0 Å². The molecule has 50 heavy (non-hydrogen) atoms. The predicted molar refractivity (Wildman–Crippen MR) is 214 cm³/mol. The maximum atomic E-state index is 12.6. The van der Waals surface area contributed by atoms with Crippen molar-refractivity contribution in [2.24, 2.45) is 0 Å². The molecule has 0 saturated carbocycles. The van der Waals surface area contributed by atoms with Gasteiger partial charge in [-0.1, -0.05) is 163 Å². The van der Waals surface area contributed by atoms with Gasteiger partial charge in [-0.05, 0) is 70.6 Å². The Morgan fingerprint density at radius 3 is 0.980 bits per heavy atom. The third kappa shape index (κ3) is 35.0. The third-order valence-corrected chi connectivity index (χ3v) is 10.4. The first kappa shape index (κ1) is 48.6. The molecule has 0 aliphatic heterocycles. The lowest BCUT2D eigenvalue weighted by Crippen LogP contribution is -2.18. The van der Waals surface area contributed by atoms with Gasteiger partial charge in [0.1, 0.15) is 18.0 Å². The molecule has 1 unspecified atom stereocenters. The van der Waals surface area contributed by atoms with Crippen molar-refractivity contribution in [3.05, 3.63) is 0 Å². The van der Waals surface area contributed by atoms with E-state index in [4.69, 9.17) is 9.47 Å². The van der Waals surface area contributed by atoms with Crippen LogP contribution in [0.3, 0.4) is 0 Å². The molecule has 5 heteroatoms. The van der Waals surface area contributed by atoms with E-state index in [2.05, 4.69) is 27.7 Å². The summed E-state index contributed by atoms with van der Waals surface area (Å²) in [6, 6.07) is 0. The molecule has 0 aromatic heterocycles. The van der Waals surface area contributed by atoms with E-state index >= 15 is 0 Å². The van der Waals surface area contributed by atoms with E-state index in [1.165, 1.54) is 109 Å². The summed E-state index contributed by atoms with van der Waals surface area (Å²) in [5, 5.41) is 0. The molecule has 0 heterocycles. The Hall–Kier alpha value is -1.39. The van der Waals surface area contributed by atoms with Gasteiger partial charge in [0.15, 0.2) is 0 Å². The Balaban J connectivity index is 3.85. The highest BCUT2D eigenvalue weighted by atomic mass is 16.5. The fourth-order valence-corrected chi connectivity index (χ4v) is 6.92. The van der Waals surface area contributed by atoms with Gasteiger partial charge in [-0.3, -0.25) is 14.4 Å². The third-order valence-electron chi connectivity index (χ3n) is 10.4. The van der Waals surface area contributed by atoms with E-state index in [0.29, 0.717) is 31.5 Å². The molecular formula is C45H86O5. The largest absolute Gasteiger partial charge is 0.462 e. The van der Waals surface area contributed by atoms with Gasteiger partial charge in [0.25, 0.3) is 0 Å². The van der Waals surface area contributed by atoms with Gasteiger partial charge in [0.2, 0.25) is 0 Å². The smallest absolute Gasteiger partial charge is 0.306 e. The molecule has 0 fully saturated rings. The van der Waals surface area contributed by atoms with Crippen LogP contribution in [0.15, 0.2) is 0 Å². The lowest BCUT2D eigenvalue weighted by molar-refractivity contribution is -0.150. The number of carbonyl (C=O) groups is 3. The van der Waals surface area contributed by atoms with Crippen LogP contribution < -0.4 is 0 Å². The minimum Gasteiger partial charge on any atom is -0.462 e. The topological polar surface area (TPSA) is 69.7 Å². The fraction of sp³-hybridized carbons (Fsp3) is 0.933. The Kier molecular flexibility index (Phi) is 37.8. The van der Waals surface area contributed by atoms with Gasteiger partial charge >= 0.3 is 11.9 Å². The minimum atomic E-state index is -0.0378. The number of ketones is 1. The highest BCUT2D eigenvalue weighted by Crippen LogP contribution is 2.19.